The van der Waals surface area contributed by atoms with Crippen LogP contribution >= 0.6 is 0 Å². The molecule has 8 nitrogen and oxygen atoms in total. The smallest absolute Gasteiger partial charge is 0.275 e. The number of hydrazone groups is 1. The summed E-state index contributed by atoms with van der Waals surface area (Å²) >= 11 is 0. The number of hydrogen-bond donors (Lipinski definition) is 2. The molecule has 1 spiro atoms. The summed E-state index contributed by atoms with van der Waals surface area (Å²) in [7, 11) is 1.63. The molecule has 0 atom stereocenters. The minimum Gasteiger partial charge on any atom is -0.497 e. The summed E-state index contributed by atoms with van der Waals surface area (Å²) in [6.45, 7) is 9.82. The molecule has 43 heavy (non-hydrogen) atoms. The Hall–Kier alpha value is -5.11. The summed E-state index contributed by atoms with van der Waals surface area (Å²) in [5, 5.41) is 13.3. The van der Waals surface area contributed by atoms with Gasteiger partial charge in [-0.2, -0.15) is 5.10 Å². The number of benzene rings is 4. The van der Waals surface area contributed by atoms with Crippen LogP contribution in [0.5, 0.6) is 17.2 Å². The first-order chi connectivity index (χ1) is 20.9. The number of carbonyl (C=O) groups is 1. The lowest BCUT2D eigenvalue weighted by Gasteiger charge is -2.42. The largest absolute Gasteiger partial charge is 0.497 e. The van der Waals surface area contributed by atoms with E-state index in [2.05, 4.69) is 55.5 Å². The minimum atomic E-state index is -1.05. The van der Waals surface area contributed by atoms with Crippen molar-refractivity contribution in [3.8, 4) is 17.2 Å². The Bertz CT molecular complexity index is 1700. The summed E-state index contributed by atoms with van der Waals surface area (Å²) in [4.78, 5) is 18.7. The molecule has 0 saturated carbocycles. The van der Waals surface area contributed by atoms with Crippen LogP contribution in [0.1, 0.15) is 52.0 Å². The van der Waals surface area contributed by atoms with Gasteiger partial charge < -0.3 is 20.1 Å². The van der Waals surface area contributed by atoms with Gasteiger partial charge in [0.25, 0.3) is 5.91 Å². The summed E-state index contributed by atoms with van der Waals surface area (Å²) in [5.74, 6) is 1.92. The zero-order valence-corrected chi connectivity index (χ0v) is 25.1. The van der Waals surface area contributed by atoms with E-state index < -0.39 is 5.54 Å². The molecule has 0 aromatic heterocycles. The average molecular weight is 574 g/mol. The monoisotopic (exact) mass is 573 g/mol. The molecule has 218 valence electrons. The van der Waals surface area contributed by atoms with E-state index in [4.69, 9.17) is 14.6 Å². The van der Waals surface area contributed by atoms with Crippen molar-refractivity contribution >= 4 is 35.4 Å². The van der Waals surface area contributed by atoms with E-state index in [9.17, 15) is 4.79 Å². The second-order valence-corrected chi connectivity index (χ2v) is 10.6. The van der Waals surface area contributed by atoms with Gasteiger partial charge in [-0.05, 0) is 81.3 Å². The lowest BCUT2D eigenvalue weighted by atomic mass is 9.74. The summed E-state index contributed by atoms with van der Waals surface area (Å²) in [6, 6.07) is 23.5. The van der Waals surface area contributed by atoms with Crippen LogP contribution in [0.15, 0.2) is 82.9 Å². The zero-order chi connectivity index (χ0) is 30.1. The van der Waals surface area contributed by atoms with Crippen molar-refractivity contribution in [2.45, 2.75) is 33.2 Å². The summed E-state index contributed by atoms with van der Waals surface area (Å²) in [5.41, 5.74) is 6.95. The first-order valence-electron chi connectivity index (χ1n) is 14.5. The molecule has 0 fully saturated rings. The van der Waals surface area contributed by atoms with Crippen LogP contribution in [0.3, 0.4) is 0 Å². The molecule has 2 N–H and O–H groups in total. The van der Waals surface area contributed by atoms with Gasteiger partial charge in [-0.15, -0.1) is 0 Å². The molecule has 2 aliphatic heterocycles. The van der Waals surface area contributed by atoms with Gasteiger partial charge in [-0.1, -0.05) is 18.2 Å². The Morgan fingerprint density at radius 1 is 0.837 bits per heavy atom. The Balaban J connectivity index is 1.57. The van der Waals surface area contributed by atoms with Crippen LogP contribution in [0.25, 0.3) is 0 Å². The van der Waals surface area contributed by atoms with Crippen LogP contribution in [-0.2, 0) is 5.54 Å². The zero-order valence-electron chi connectivity index (χ0n) is 25.1. The number of nitrogens with zero attached hydrogens (tertiary/aromatic N) is 3. The highest BCUT2D eigenvalue weighted by atomic mass is 16.5. The molecule has 1 amide bonds. The number of fused-ring (bicyclic) bond motifs is 6. The van der Waals surface area contributed by atoms with Crippen molar-refractivity contribution in [3.05, 3.63) is 106 Å². The van der Waals surface area contributed by atoms with E-state index in [0.717, 1.165) is 63.7 Å². The maximum Gasteiger partial charge on any atom is 0.275 e. The topological polar surface area (TPSA) is 87.6 Å². The number of amides is 1. The number of rotatable bonds is 8. The Morgan fingerprint density at radius 2 is 1.44 bits per heavy atom. The number of aryl methyl sites for hydroxylation is 2. The first kappa shape index (κ1) is 28.0. The Kier molecular flexibility index (Phi) is 7.36. The van der Waals surface area contributed by atoms with E-state index in [0.29, 0.717) is 17.1 Å². The third kappa shape index (κ3) is 4.59. The van der Waals surface area contributed by atoms with Gasteiger partial charge in [-0.25, -0.2) is 5.01 Å². The highest BCUT2D eigenvalue weighted by Gasteiger charge is 2.57. The van der Waals surface area contributed by atoms with Crippen molar-refractivity contribution in [3.63, 3.8) is 0 Å². The van der Waals surface area contributed by atoms with E-state index in [1.54, 1.807) is 24.5 Å². The van der Waals surface area contributed by atoms with E-state index >= 15 is 0 Å². The fourth-order valence-corrected chi connectivity index (χ4v) is 6.04. The number of aliphatic imine (C=N–C) groups is 1. The van der Waals surface area contributed by atoms with E-state index in [1.807, 2.05) is 60.7 Å². The van der Waals surface area contributed by atoms with Crippen molar-refractivity contribution in [2.75, 3.05) is 30.8 Å². The number of anilines is 2. The van der Waals surface area contributed by atoms with Gasteiger partial charge in [0, 0.05) is 65.1 Å². The third-order valence-corrected chi connectivity index (χ3v) is 7.99. The molecule has 4 aromatic rings. The molecule has 0 unspecified atom stereocenters. The predicted octanol–water partition coefficient (Wildman–Crippen LogP) is 7.42. The van der Waals surface area contributed by atoms with Gasteiger partial charge in [0.05, 0.1) is 19.0 Å². The maximum absolute atomic E-state index is 14.2. The van der Waals surface area contributed by atoms with Crippen LogP contribution in [-0.4, -0.2) is 43.5 Å². The molecule has 0 bridgehead atoms. The number of hydrogen-bond acceptors (Lipinski definition) is 7. The lowest BCUT2D eigenvalue weighted by Crippen LogP contribution is -2.44. The number of carbonyl (C=O) groups excluding carboxylic acids is 1. The van der Waals surface area contributed by atoms with Crippen LogP contribution < -0.4 is 20.1 Å². The van der Waals surface area contributed by atoms with Crippen molar-refractivity contribution < 1.29 is 14.3 Å². The highest BCUT2D eigenvalue weighted by molar-refractivity contribution is 6.17. The molecule has 0 radical (unpaired) electrons. The van der Waals surface area contributed by atoms with Gasteiger partial charge >= 0.3 is 0 Å². The van der Waals surface area contributed by atoms with Crippen molar-refractivity contribution in [1.82, 2.24) is 5.01 Å². The van der Waals surface area contributed by atoms with Gasteiger partial charge in [0.1, 0.15) is 22.8 Å². The average Bonchev–Trinajstić information content (AvgIpc) is 3.26. The number of nitrogens with one attached hydrogen (secondary N) is 2. The second-order valence-electron chi connectivity index (χ2n) is 10.6. The molecule has 6 rings (SSSR count). The molecule has 0 aliphatic carbocycles. The third-order valence-electron chi connectivity index (χ3n) is 7.99. The molecular weight excluding hydrogens is 538 g/mol. The first-order valence-corrected chi connectivity index (χ1v) is 14.5. The van der Waals surface area contributed by atoms with Gasteiger partial charge in [0.15, 0.2) is 0 Å². The number of methoxy groups -OCH3 is 1. The molecule has 8 heteroatoms. The van der Waals surface area contributed by atoms with Gasteiger partial charge in [0.2, 0.25) is 0 Å². The van der Waals surface area contributed by atoms with Crippen LogP contribution in [0.4, 0.5) is 17.1 Å². The quantitative estimate of drug-likeness (QED) is 0.214. The Labute approximate surface area is 252 Å². The van der Waals surface area contributed by atoms with Crippen LogP contribution in [0, 0.1) is 13.8 Å². The van der Waals surface area contributed by atoms with Crippen LogP contribution in [0.2, 0.25) is 0 Å². The predicted molar refractivity (Wildman–Crippen MR) is 173 cm³/mol. The molecule has 4 aromatic carbocycles. The molecule has 0 saturated heterocycles. The molecule has 2 heterocycles. The summed E-state index contributed by atoms with van der Waals surface area (Å²) in [6.07, 6.45) is 3.18. The maximum atomic E-state index is 14.2. The Morgan fingerprint density at radius 3 is 2.02 bits per heavy atom. The second kappa shape index (κ2) is 11.3. The normalized spacial score (nSPS) is 14.5. The van der Waals surface area contributed by atoms with Crippen molar-refractivity contribution in [2.24, 2.45) is 10.1 Å². The molecule has 2 aliphatic rings. The fourth-order valence-electron chi connectivity index (χ4n) is 6.04. The molecular formula is C35H35N5O3. The minimum absolute atomic E-state index is 0.190. The van der Waals surface area contributed by atoms with Gasteiger partial charge in [-0.3, -0.25) is 9.79 Å². The van der Waals surface area contributed by atoms with E-state index in [-0.39, 0.29) is 5.91 Å². The standard InChI is InChI=1S/C35H35N5O3/c1-6-36-30-20-32-28(18-22(30)3)35(29-19-23(4)31(37-7-2)21-33(29)43-32)27-11-9-8-10-26(27)34(41)40(35)39-17-16-38-24-12-14-25(42-5)15-13-24/h8-21,36-37H,6-7H2,1-5H3/b38-16+,39-17+. The van der Waals surface area contributed by atoms with E-state index in [1.165, 1.54) is 0 Å². The SMILES string of the molecule is CCNc1cc2c(cc1C)C1(c3cc(C)c(NCC)cc3O2)c2ccccc2C(=O)N1/N=C/C=N/c1ccc(OC)cc1. The number of ether oxygens (including phenoxy) is 2. The fraction of sp³-hybridized carbons (Fsp3) is 0.229. The highest BCUT2D eigenvalue weighted by Crippen LogP contribution is 2.58. The lowest BCUT2D eigenvalue weighted by molar-refractivity contribution is 0.0675. The summed E-state index contributed by atoms with van der Waals surface area (Å²) < 4.78 is 11.9. The van der Waals surface area contributed by atoms with Crippen molar-refractivity contribution in [1.29, 1.82) is 0 Å².